The van der Waals surface area contributed by atoms with E-state index in [1.54, 1.807) is 24.0 Å². The fraction of sp³-hybridized carbons (Fsp3) is 0.375. The standard InChI is InChI=1S/C16H18FN3O3/c1-10-13(15(21)20-5-7-23-8-6-20)14(19-16(22)18-10)11-3-2-4-12(17)9-11/h2-4,9,14H,5-8H2,1H3,(H2,18,19,22)/t14-/m0/s1. The fourth-order valence-corrected chi connectivity index (χ4v) is 2.85. The van der Waals surface area contributed by atoms with Gasteiger partial charge in [-0.1, -0.05) is 12.1 Å². The first-order valence-electron chi connectivity index (χ1n) is 7.47. The van der Waals surface area contributed by atoms with E-state index >= 15 is 0 Å². The van der Waals surface area contributed by atoms with Crippen molar-refractivity contribution >= 4 is 11.9 Å². The molecule has 0 unspecified atom stereocenters. The van der Waals surface area contributed by atoms with Crippen LogP contribution in [0.2, 0.25) is 0 Å². The molecule has 0 radical (unpaired) electrons. The maximum atomic E-state index is 13.5. The minimum absolute atomic E-state index is 0.174. The predicted molar refractivity (Wildman–Crippen MR) is 80.9 cm³/mol. The molecule has 2 aliphatic heterocycles. The lowest BCUT2D eigenvalue weighted by Gasteiger charge is -2.33. The Kier molecular flexibility index (Phi) is 4.29. The lowest BCUT2D eigenvalue weighted by molar-refractivity contribution is -0.131. The van der Waals surface area contributed by atoms with Gasteiger partial charge < -0.3 is 20.3 Å². The normalized spacial score (nSPS) is 21.7. The minimum Gasteiger partial charge on any atom is -0.378 e. The van der Waals surface area contributed by atoms with Crippen LogP contribution in [0.4, 0.5) is 9.18 Å². The summed E-state index contributed by atoms with van der Waals surface area (Å²) < 4.78 is 18.8. The van der Waals surface area contributed by atoms with Gasteiger partial charge in [0.25, 0.3) is 5.91 Å². The molecule has 1 fully saturated rings. The largest absolute Gasteiger partial charge is 0.378 e. The number of nitrogens with zero attached hydrogens (tertiary/aromatic N) is 1. The Hall–Kier alpha value is -2.41. The highest BCUT2D eigenvalue weighted by Gasteiger charge is 2.34. The number of halogens is 1. The third-order valence-electron chi connectivity index (χ3n) is 3.98. The summed E-state index contributed by atoms with van der Waals surface area (Å²) in [7, 11) is 0. The van der Waals surface area contributed by atoms with Gasteiger partial charge in [0.2, 0.25) is 0 Å². The van der Waals surface area contributed by atoms with Crippen LogP contribution in [0.5, 0.6) is 0 Å². The van der Waals surface area contributed by atoms with Gasteiger partial charge in [-0.3, -0.25) is 4.79 Å². The molecule has 0 spiro atoms. The average molecular weight is 319 g/mol. The van der Waals surface area contributed by atoms with Crippen LogP contribution in [0.25, 0.3) is 0 Å². The average Bonchev–Trinajstić information content (AvgIpc) is 2.54. The number of hydrogen-bond acceptors (Lipinski definition) is 3. The van der Waals surface area contributed by atoms with Crippen molar-refractivity contribution in [2.45, 2.75) is 13.0 Å². The summed E-state index contributed by atoms with van der Waals surface area (Å²) in [5.41, 5.74) is 1.45. The molecule has 0 aliphatic carbocycles. The molecule has 1 atom stereocenters. The Morgan fingerprint density at radius 3 is 2.78 bits per heavy atom. The molecule has 2 heterocycles. The number of morpholine rings is 1. The number of hydrogen-bond donors (Lipinski definition) is 2. The minimum atomic E-state index is -0.671. The number of urea groups is 1. The highest BCUT2D eigenvalue weighted by molar-refractivity contribution is 5.98. The van der Waals surface area contributed by atoms with Crippen LogP contribution in [-0.2, 0) is 9.53 Å². The maximum absolute atomic E-state index is 13.5. The SMILES string of the molecule is CC1=C(C(=O)N2CCOCC2)[C@H](c2cccc(F)c2)NC(=O)N1. The molecule has 7 heteroatoms. The number of carbonyl (C=O) groups is 2. The Morgan fingerprint density at radius 2 is 2.09 bits per heavy atom. The number of ether oxygens (including phenoxy) is 1. The zero-order valence-corrected chi connectivity index (χ0v) is 12.8. The summed E-state index contributed by atoms with van der Waals surface area (Å²) in [5, 5.41) is 5.33. The van der Waals surface area contributed by atoms with Crippen LogP contribution in [0.3, 0.4) is 0 Å². The molecule has 2 aliphatic rings. The number of benzene rings is 1. The van der Waals surface area contributed by atoms with Crippen molar-refractivity contribution in [2.75, 3.05) is 26.3 Å². The molecule has 1 aromatic rings. The van der Waals surface area contributed by atoms with E-state index in [0.29, 0.717) is 43.1 Å². The van der Waals surface area contributed by atoms with E-state index in [-0.39, 0.29) is 5.91 Å². The summed E-state index contributed by atoms with van der Waals surface area (Å²) in [5.74, 6) is -0.585. The highest BCUT2D eigenvalue weighted by atomic mass is 19.1. The summed E-state index contributed by atoms with van der Waals surface area (Å²) in [4.78, 5) is 26.3. The summed E-state index contributed by atoms with van der Waals surface area (Å²) in [6.45, 7) is 3.66. The van der Waals surface area contributed by atoms with Crippen LogP contribution in [-0.4, -0.2) is 43.1 Å². The molecule has 2 N–H and O–H groups in total. The first-order valence-corrected chi connectivity index (χ1v) is 7.47. The van der Waals surface area contributed by atoms with E-state index in [4.69, 9.17) is 4.74 Å². The number of rotatable bonds is 2. The van der Waals surface area contributed by atoms with Gasteiger partial charge in [0.15, 0.2) is 0 Å². The van der Waals surface area contributed by atoms with Crippen molar-refractivity contribution in [3.05, 3.63) is 46.9 Å². The number of carbonyl (C=O) groups excluding carboxylic acids is 2. The second kappa shape index (κ2) is 6.37. The molecule has 6 nitrogen and oxygen atoms in total. The summed E-state index contributed by atoms with van der Waals surface area (Å²) >= 11 is 0. The fourth-order valence-electron chi connectivity index (χ4n) is 2.85. The smallest absolute Gasteiger partial charge is 0.319 e. The molecule has 0 aromatic heterocycles. The second-order valence-electron chi connectivity index (χ2n) is 5.53. The van der Waals surface area contributed by atoms with Gasteiger partial charge in [-0.05, 0) is 24.6 Å². The zero-order valence-electron chi connectivity index (χ0n) is 12.8. The van der Waals surface area contributed by atoms with Gasteiger partial charge in [-0.15, -0.1) is 0 Å². The molecule has 122 valence electrons. The monoisotopic (exact) mass is 319 g/mol. The van der Waals surface area contributed by atoms with Gasteiger partial charge in [0, 0.05) is 18.8 Å². The van der Waals surface area contributed by atoms with E-state index < -0.39 is 17.9 Å². The summed E-state index contributed by atoms with van der Waals surface area (Å²) in [6, 6.07) is 4.83. The molecule has 3 rings (SSSR count). The molecular formula is C16H18FN3O3. The van der Waals surface area contributed by atoms with Crippen molar-refractivity contribution in [2.24, 2.45) is 0 Å². The lowest BCUT2D eigenvalue weighted by Crippen LogP contribution is -2.49. The van der Waals surface area contributed by atoms with Crippen molar-refractivity contribution in [1.82, 2.24) is 15.5 Å². The van der Waals surface area contributed by atoms with E-state index in [9.17, 15) is 14.0 Å². The van der Waals surface area contributed by atoms with E-state index in [1.165, 1.54) is 12.1 Å². The number of nitrogens with one attached hydrogen (secondary N) is 2. The molecular weight excluding hydrogens is 301 g/mol. The number of amides is 3. The van der Waals surface area contributed by atoms with Gasteiger partial charge in [0.05, 0.1) is 24.8 Å². The second-order valence-corrected chi connectivity index (χ2v) is 5.53. The van der Waals surface area contributed by atoms with Gasteiger partial charge in [-0.25, -0.2) is 9.18 Å². The van der Waals surface area contributed by atoms with Gasteiger partial charge >= 0.3 is 6.03 Å². The quantitative estimate of drug-likeness (QED) is 0.863. The maximum Gasteiger partial charge on any atom is 0.319 e. The van der Waals surface area contributed by atoms with Crippen molar-refractivity contribution in [3.8, 4) is 0 Å². The molecule has 0 bridgehead atoms. The molecule has 1 saturated heterocycles. The molecule has 1 aromatic carbocycles. The summed E-state index contributed by atoms with van der Waals surface area (Å²) in [6.07, 6.45) is 0. The number of allylic oxidation sites excluding steroid dienone is 1. The van der Waals surface area contributed by atoms with Crippen molar-refractivity contribution in [3.63, 3.8) is 0 Å². The first-order chi connectivity index (χ1) is 11.1. The Bertz CT molecular complexity index is 668. The van der Waals surface area contributed by atoms with Crippen LogP contribution in [0, 0.1) is 5.82 Å². The van der Waals surface area contributed by atoms with Crippen molar-refractivity contribution in [1.29, 1.82) is 0 Å². The van der Waals surface area contributed by atoms with Gasteiger partial charge in [-0.2, -0.15) is 0 Å². The Labute approximate surface area is 133 Å². The third kappa shape index (κ3) is 3.19. The first kappa shape index (κ1) is 15.5. The van der Waals surface area contributed by atoms with Crippen LogP contribution in [0.15, 0.2) is 35.5 Å². The van der Waals surface area contributed by atoms with Crippen LogP contribution in [0.1, 0.15) is 18.5 Å². The Balaban J connectivity index is 1.97. The van der Waals surface area contributed by atoms with E-state index in [0.717, 1.165) is 0 Å². The predicted octanol–water partition coefficient (Wildman–Crippen LogP) is 1.31. The lowest BCUT2D eigenvalue weighted by atomic mass is 9.94. The molecule has 23 heavy (non-hydrogen) atoms. The zero-order chi connectivity index (χ0) is 16.4. The third-order valence-corrected chi connectivity index (χ3v) is 3.98. The van der Waals surface area contributed by atoms with Crippen LogP contribution < -0.4 is 10.6 Å². The van der Waals surface area contributed by atoms with Gasteiger partial charge in [0.1, 0.15) is 5.82 Å². The molecule has 3 amide bonds. The topological polar surface area (TPSA) is 70.7 Å². The highest BCUT2D eigenvalue weighted by Crippen LogP contribution is 2.28. The van der Waals surface area contributed by atoms with Crippen LogP contribution >= 0.6 is 0 Å². The Morgan fingerprint density at radius 1 is 1.35 bits per heavy atom. The molecule has 0 saturated carbocycles. The van der Waals surface area contributed by atoms with Crippen molar-refractivity contribution < 1.29 is 18.7 Å². The van der Waals surface area contributed by atoms with E-state index in [2.05, 4.69) is 10.6 Å². The van der Waals surface area contributed by atoms with E-state index in [1.807, 2.05) is 0 Å².